The minimum atomic E-state index is -3.70. The SMILES string of the molecule is O=C(NS(=O)(=O)C[C@H]1CCCCO1)[C@H]1COc2ccccc21. The summed E-state index contributed by atoms with van der Waals surface area (Å²) < 4.78 is 37.2. The zero-order chi connectivity index (χ0) is 15.6. The lowest BCUT2D eigenvalue weighted by molar-refractivity contribution is -0.120. The van der Waals surface area contributed by atoms with Gasteiger partial charge in [0.05, 0.1) is 11.9 Å². The van der Waals surface area contributed by atoms with E-state index in [-0.39, 0.29) is 18.5 Å². The van der Waals surface area contributed by atoms with Crippen LogP contribution in [0.3, 0.4) is 0 Å². The highest BCUT2D eigenvalue weighted by Crippen LogP contribution is 2.33. The molecule has 2 heterocycles. The van der Waals surface area contributed by atoms with Crippen LogP contribution in [0.15, 0.2) is 24.3 Å². The average Bonchev–Trinajstić information content (AvgIpc) is 2.91. The Morgan fingerprint density at radius 3 is 2.86 bits per heavy atom. The van der Waals surface area contributed by atoms with Gasteiger partial charge < -0.3 is 9.47 Å². The van der Waals surface area contributed by atoms with Crippen LogP contribution in [0.5, 0.6) is 5.75 Å². The summed E-state index contributed by atoms with van der Waals surface area (Å²) in [7, 11) is -3.70. The monoisotopic (exact) mass is 325 g/mol. The summed E-state index contributed by atoms with van der Waals surface area (Å²) in [6, 6.07) is 7.17. The summed E-state index contributed by atoms with van der Waals surface area (Å²) in [5, 5.41) is 0. The van der Waals surface area contributed by atoms with Crippen molar-refractivity contribution in [3.8, 4) is 5.75 Å². The lowest BCUT2D eigenvalue weighted by Gasteiger charge is -2.22. The van der Waals surface area contributed by atoms with Gasteiger partial charge in [0.15, 0.2) is 0 Å². The van der Waals surface area contributed by atoms with Crippen molar-refractivity contribution in [1.29, 1.82) is 0 Å². The maximum Gasteiger partial charge on any atom is 0.244 e. The predicted octanol–water partition coefficient (Wildman–Crippen LogP) is 1.18. The Balaban J connectivity index is 1.64. The molecule has 0 spiro atoms. The van der Waals surface area contributed by atoms with Gasteiger partial charge in [0.1, 0.15) is 18.3 Å². The van der Waals surface area contributed by atoms with Crippen LogP contribution in [0.4, 0.5) is 0 Å². The Morgan fingerprint density at radius 1 is 1.27 bits per heavy atom. The van der Waals surface area contributed by atoms with Crippen LogP contribution in [-0.2, 0) is 19.6 Å². The van der Waals surface area contributed by atoms with E-state index in [1.807, 2.05) is 6.07 Å². The zero-order valence-electron chi connectivity index (χ0n) is 12.2. The number of carbonyl (C=O) groups is 1. The Labute approximate surface area is 129 Å². The normalized spacial score (nSPS) is 24.4. The number of nitrogens with one attached hydrogen (secondary N) is 1. The highest BCUT2D eigenvalue weighted by atomic mass is 32.2. The molecule has 1 aromatic rings. The molecular weight excluding hydrogens is 306 g/mol. The predicted molar refractivity (Wildman–Crippen MR) is 80.2 cm³/mol. The van der Waals surface area contributed by atoms with Crippen molar-refractivity contribution < 1.29 is 22.7 Å². The molecule has 0 radical (unpaired) electrons. The maximum atomic E-state index is 12.3. The molecule has 2 aliphatic heterocycles. The first-order valence-electron chi connectivity index (χ1n) is 7.43. The summed E-state index contributed by atoms with van der Waals surface area (Å²) in [4.78, 5) is 12.3. The van der Waals surface area contributed by atoms with E-state index in [1.54, 1.807) is 18.2 Å². The molecule has 22 heavy (non-hydrogen) atoms. The molecule has 3 rings (SSSR count). The molecule has 0 aromatic heterocycles. The van der Waals surface area contributed by atoms with Crippen molar-refractivity contribution in [3.63, 3.8) is 0 Å². The van der Waals surface area contributed by atoms with Crippen molar-refractivity contribution in [2.75, 3.05) is 19.0 Å². The molecule has 1 saturated heterocycles. The minimum absolute atomic E-state index is 0.167. The second kappa shape index (κ2) is 6.26. The van der Waals surface area contributed by atoms with E-state index in [4.69, 9.17) is 9.47 Å². The lowest BCUT2D eigenvalue weighted by atomic mass is 10.0. The number of carbonyl (C=O) groups excluding carboxylic acids is 1. The Morgan fingerprint density at radius 2 is 2.09 bits per heavy atom. The molecule has 6 nitrogen and oxygen atoms in total. The Hall–Kier alpha value is -1.60. The largest absolute Gasteiger partial charge is 0.492 e. The highest BCUT2D eigenvalue weighted by Gasteiger charge is 2.33. The molecule has 1 aromatic carbocycles. The molecule has 0 unspecified atom stereocenters. The van der Waals surface area contributed by atoms with Gasteiger partial charge in [-0.05, 0) is 25.3 Å². The molecule has 1 fully saturated rings. The van der Waals surface area contributed by atoms with Gasteiger partial charge in [-0.2, -0.15) is 0 Å². The standard InChI is InChI=1S/C15H19NO5S/c17-15(13-9-21-14-7-2-1-6-12(13)14)16-22(18,19)10-11-5-3-4-8-20-11/h1-2,6-7,11,13H,3-5,8-10H2,(H,16,17)/t11-,13+/m1/s1. The quantitative estimate of drug-likeness (QED) is 0.899. The zero-order valence-corrected chi connectivity index (χ0v) is 13.0. The summed E-state index contributed by atoms with van der Waals surface area (Å²) >= 11 is 0. The number of hydrogen-bond donors (Lipinski definition) is 1. The average molecular weight is 325 g/mol. The summed E-state index contributed by atoms with van der Waals surface area (Å²) in [5.74, 6) is -0.664. The lowest BCUT2D eigenvalue weighted by Crippen LogP contribution is -2.40. The number of rotatable bonds is 4. The Kier molecular flexibility index (Phi) is 4.35. The van der Waals surface area contributed by atoms with Gasteiger partial charge in [-0.1, -0.05) is 18.2 Å². The van der Waals surface area contributed by atoms with Crippen molar-refractivity contribution in [3.05, 3.63) is 29.8 Å². The minimum Gasteiger partial charge on any atom is -0.492 e. The van der Waals surface area contributed by atoms with Crippen LogP contribution < -0.4 is 9.46 Å². The number of amides is 1. The Bertz CT molecular complexity index is 652. The van der Waals surface area contributed by atoms with Crippen LogP contribution in [0.2, 0.25) is 0 Å². The van der Waals surface area contributed by atoms with E-state index in [9.17, 15) is 13.2 Å². The second-order valence-corrected chi connectivity index (χ2v) is 7.40. The molecule has 0 bridgehead atoms. The van der Waals surface area contributed by atoms with Gasteiger partial charge in [0.2, 0.25) is 15.9 Å². The van der Waals surface area contributed by atoms with Crippen molar-refractivity contribution >= 4 is 15.9 Å². The van der Waals surface area contributed by atoms with E-state index in [0.29, 0.717) is 18.8 Å². The van der Waals surface area contributed by atoms with Crippen LogP contribution >= 0.6 is 0 Å². The van der Waals surface area contributed by atoms with Gasteiger partial charge in [-0.3, -0.25) is 9.52 Å². The van der Waals surface area contributed by atoms with E-state index in [1.165, 1.54) is 0 Å². The van der Waals surface area contributed by atoms with Gasteiger partial charge in [-0.25, -0.2) is 8.42 Å². The molecule has 7 heteroatoms. The molecule has 0 saturated carbocycles. The third-order valence-corrected chi connectivity index (χ3v) is 5.27. The fourth-order valence-electron chi connectivity index (χ4n) is 2.83. The van der Waals surface area contributed by atoms with Crippen LogP contribution in [0, 0.1) is 0 Å². The summed E-state index contributed by atoms with van der Waals surface area (Å²) in [5.41, 5.74) is 0.726. The first-order chi connectivity index (χ1) is 10.6. The van der Waals surface area contributed by atoms with E-state index in [2.05, 4.69) is 4.72 Å². The molecule has 120 valence electrons. The van der Waals surface area contributed by atoms with Crippen molar-refractivity contribution in [1.82, 2.24) is 4.72 Å². The van der Waals surface area contributed by atoms with Crippen molar-refractivity contribution in [2.45, 2.75) is 31.3 Å². The first-order valence-corrected chi connectivity index (χ1v) is 9.08. The number of hydrogen-bond acceptors (Lipinski definition) is 5. The van der Waals surface area contributed by atoms with E-state index in [0.717, 1.165) is 18.4 Å². The number of fused-ring (bicyclic) bond motifs is 1. The van der Waals surface area contributed by atoms with Gasteiger partial charge in [0.25, 0.3) is 0 Å². The number of sulfonamides is 1. The van der Waals surface area contributed by atoms with Crippen molar-refractivity contribution in [2.24, 2.45) is 0 Å². The summed E-state index contributed by atoms with van der Waals surface area (Å²) in [6.45, 7) is 0.749. The van der Waals surface area contributed by atoms with Gasteiger partial charge in [0, 0.05) is 12.2 Å². The third-order valence-electron chi connectivity index (χ3n) is 3.95. The second-order valence-electron chi connectivity index (χ2n) is 5.64. The van der Waals surface area contributed by atoms with Crippen LogP contribution in [0.1, 0.15) is 30.7 Å². The van der Waals surface area contributed by atoms with Crippen LogP contribution in [0.25, 0.3) is 0 Å². The third kappa shape index (κ3) is 3.41. The molecule has 0 aliphatic carbocycles. The fourth-order valence-corrected chi connectivity index (χ4v) is 4.11. The number of benzene rings is 1. The number of para-hydroxylation sites is 1. The topological polar surface area (TPSA) is 81.7 Å². The molecular formula is C15H19NO5S. The highest BCUT2D eigenvalue weighted by molar-refractivity contribution is 7.90. The van der Waals surface area contributed by atoms with Crippen LogP contribution in [-0.4, -0.2) is 39.4 Å². The molecule has 1 amide bonds. The van der Waals surface area contributed by atoms with E-state index >= 15 is 0 Å². The van der Waals surface area contributed by atoms with Gasteiger partial charge >= 0.3 is 0 Å². The smallest absolute Gasteiger partial charge is 0.244 e. The number of ether oxygens (including phenoxy) is 2. The van der Waals surface area contributed by atoms with Gasteiger partial charge in [-0.15, -0.1) is 0 Å². The fraction of sp³-hybridized carbons (Fsp3) is 0.533. The summed E-state index contributed by atoms with van der Waals surface area (Å²) in [6.07, 6.45) is 2.30. The molecule has 1 N–H and O–H groups in total. The maximum absolute atomic E-state index is 12.3. The first kappa shape index (κ1) is 15.3. The van der Waals surface area contributed by atoms with E-state index < -0.39 is 21.8 Å². The molecule has 2 aliphatic rings. The molecule has 2 atom stereocenters.